The fourth-order valence-electron chi connectivity index (χ4n) is 1.73. The average molecular weight is 332 g/mol. The maximum atomic E-state index is 12.5. The van der Waals surface area contributed by atoms with Crippen molar-refractivity contribution in [1.29, 1.82) is 0 Å². The SMILES string of the molecule is CCOB(OC(C)(C)CC)c1ccc(C=O)c(OC(F)(F)F)c1. The standard InChI is InChI=1S/C15H20BF3O4/c1-5-14(3,4)23-16(21-6-2)12-8-7-11(10-20)13(9-12)22-15(17,18)19/h7-10H,5-6H2,1-4H3. The molecule has 0 saturated carbocycles. The van der Waals surface area contributed by atoms with Crippen molar-refractivity contribution in [1.82, 2.24) is 0 Å². The van der Waals surface area contributed by atoms with E-state index < -0.39 is 24.8 Å². The molecule has 128 valence electrons. The van der Waals surface area contributed by atoms with Crippen molar-refractivity contribution < 1.29 is 32.0 Å². The number of ether oxygens (including phenoxy) is 1. The summed E-state index contributed by atoms with van der Waals surface area (Å²) in [6.45, 7) is 7.70. The molecule has 0 bridgehead atoms. The van der Waals surface area contributed by atoms with Gasteiger partial charge in [0.25, 0.3) is 0 Å². The first-order chi connectivity index (χ1) is 10.6. The highest BCUT2D eigenvalue weighted by atomic mass is 19.4. The molecule has 8 heteroatoms. The number of rotatable bonds is 8. The molecule has 4 nitrogen and oxygen atoms in total. The van der Waals surface area contributed by atoms with Gasteiger partial charge in [0.1, 0.15) is 5.75 Å². The van der Waals surface area contributed by atoms with E-state index in [0.29, 0.717) is 24.8 Å². The zero-order valence-electron chi connectivity index (χ0n) is 13.6. The molecule has 0 N–H and O–H groups in total. The van der Waals surface area contributed by atoms with Gasteiger partial charge in [0, 0.05) is 12.2 Å². The van der Waals surface area contributed by atoms with Crippen LogP contribution in [0.25, 0.3) is 0 Å². The lowest BCUT2D eigenvalue weighted by atomic mass is 9.77. The largest absolute Gasteiger partial charge is 0.573 e. The predicted octanol–water partition coefficient (Wildman–Crippen LogP) is 3.33. The molecule has 1 aromatic carbocycles. The van der Waals surface area contributed by atoms with Gasteiger partial charge in [-0.2, -0.15) is 0 Å². The van der Waals surface area contributed by atoms with E-state index >= 15 is 0 Å². The second-order valence-electron chi connectivity index (χ2n) is 5.48. The summed E-state index contributed by atoms with van der Waals surface area (Å²) in [5, 5.41) is 0. The molecule has 0 amide bonds. The van der Waals surface area contributed by atoms with Crippen molar-refractivity contribution in [2.75, 3.05) is 6.61 Å². The fourth-order valence-corrected chi connectivity index (χ4v) is 1.73. The van der Waals surface area contributed by atoms with Crippen molar-refractivity contribution in [3.05, 3.63) is 23.8 Å². The van der Waals surface area contributed by atoms with Crippen LogP contribution in [0.5, 0.6) is 5.75 Å². The zero-order valence-corrected chi connectivity index (χ0v) is 13.6. The monoisotopic (exact) mass is 332 g/mol. The van der Waals surface area contributed by atoms with E-state index in [0.717, 1.165) is 6.07 Å². The molecule has 0 aliphatic carbocycles. The minimum absolute atomic E-state index is 0.198. The Balaban J connectivity index is 3.16. The maximum absolute atomic E-state index is 12.5. The summed E-state index contributed by atoms with van der Waals surface area (Å²) in [4.78, 5) is 10.9. The minimum Gasteiger partial charge on any atom is -0.408 e. The van der Waals surface area contributed by atoms with E-state index in [9.17, 15) is 18.0 Å². The molecule has 0 atom stereocenters. The van der Waals surface area contributed by atoms with Gasteiger partial charge in [-0.1, -0.05) is 13.0 Å². The summed E-state index contributed by atoms with van der Waals surface area (Å²) in [5.74, 6) is -0.576. The van der Waals surface area contributed by atoms with Gasteiger partial charge in [0.2, 0.25) is 0 Å². The van der Waals surface area contributed by atoms with Crippen molar-refractivity contribution in [2.45, 2.75) is 46.1 Å². The number of hydrogen-bond acceptors (Lipinski definition) is 4. The molecule has 0 aliphatic rings. The van der Waals surface area contributed by atoms with Crippen LogP contribution in [0.2, 0.25) is 0 Å². The summed E-state index contributed by atoms with van der Waals surface area (Å²) in [6.07, 6.45) is -3.90. The molecule has 0 unspecified atom stereocenters. The Kier molecular flexibility index (Phi) is 6.64. The van der Waals surface area contributed by atoms with E-state index in [1.54, 1.807) is 6.92 Å². The highest BCUT2D eigenvalue weighted by molar-refractivity contribution is 6.61. The van der Waals surface area contributed by atoms with Crippen LogP contribution in [0, 0.1) is 0 Å². The molecule has 0 aromatic heterocycles. The fraction of sp³-hybridized carbons (Fsp3) is 0.533. The number of carbonyl (C=O) groups is 1. The number of halogens is 3. The first-order valence-electron chi connectivity index (χ1n) is 7.26. The smallest absolute Gasteiger partial charge is 0.408 e. The van der Waals surface area contributed by atoms with Crippen molar-refractivity contribution in [2.24, 2.45) is 0 Å². The molecule has 0 aliphatic heterocycles. The van der Waals surface area contributed by atoms with Crippen molar-refractivity contribution in [3.63, 3.8) is 0 Å². The highest BCUT2D eigenvalue weighted by Crippen LogP contribution is 2.25. The molecular formula is C15H20BF3O4. The third-order valence-electron chi connectivity index (χ3n) is 3.26. The van der Waals surface area contributed by atoms with E-state index in [1.807, 2.05) is 20.8 Å². The van der Waals surface area contributed by atoms with Crippen LogP contribution < -0.4 is 10.2 Å². The van der Waals surface area contributed by atoms with Gasteiger partial charge in [0.15, 0.2) is 6.29 Å². The van der Waals surface area contributed by atoms with E-state index in [1.165, 1.54) is 12.1 Å². The molecule has 1 aromatic rings. The van der Waals surface area contributed by atoms with Crippen molar-refractivity contribution in [3.8, 4) is 5.75 Å². The molecule has 0 spiro atoms. The topological polar surface area (TPSA) is 44.8 Å². The van der Waals surface area contributed by atoms with E-state index in [4.69, 9.17) is 9.31 Å². The number of alkyl halides is 3. The van der Waals surface area contributed by atoms with Gasteiger partial charge < -0.3 is 14.0 Å². The lowest BCUT2D eigenvalue weighted by Gasteiger charge is -2.28. The molecular weight excluding hydrogens is 312 g/mol. The van der Waals surface area contributed by atoms with Gasteiger partial charge in [-0.15, -0.1) is 13.2 Å². The summed E-state index contributed by atoms with van der Waals surface area (Å²) >= 11 is 0. The quantitative estimate of drug-likeness (QED) is 0.541. The normalized spacial score (nSPS) is 12.1. The van der Waals surface area contributed by atoms with Crippen LogP contribution in [0.3, 0.4) is 0 Å². The second kappa shape index (κ2) is 7.83. The Bertz CT molecular complexity index is 532. The van der Waals surface area contributed by atoms with Crippen LogP contribution in [0.4, 0.5) is 13.2 Å². The first-order valence-corrected chi connectivity index (χ1v) is 7.26. The Morgan fingerprint density at radius 2 is 1.87 bits per heavy atom. The van der Waals surface area contributed by atoms with Gasteiger partial charge in [0.05, 0.1) is 5.56 Å². The average Bonchev–Trinajstić information content (AvgIpc) is 2.45. The summed E-state index contributed by atoms with van der Waals surface area (Å²) in [5.41, 5.74) is -0.372. The van der Waals surface area contributed by atoms with Crippen LogP contribution in [-0.4, -0.2) is 32.0 Å². The Hall–Kier alpha value is -1.54. The Morgan fingerprint density at radius 1 is 1.22 bits per heavy atom. The first kappa shape index (κ1) is 19.5. The summed E-state index contributed by atoms with van der Waals surface area (Å²) < 4.78 is 52.6. The Labute approximate surface area is 134 Å². The summed E-state index contributed by atoms with van der Waals surface area (Å²) in [7, 11) is -0.855. The lowest BCUT2D eigenvalue weighted by molar-refractivity contribution is -0.274. The molecule has 1 rings (SSSR count). The third-order valence-corrected chi connectivity index (χ3v) is 3.26. The van der Waals surface area contributed by atoms with Gasteiger partial charge in [-0.05, 0) is 44.8 Å². The molecule has 0 saturated heterocycles. The number of hydrogen-bond donors (Lipinski definition) is 0. The molecule has 0 radical (unpaired) electrons. The zero-order chi connectivity index (χ0) is 17.7. The highest BCUT2D eigenvalue weighted by Gasteiger charge is 2.34. The second-order valence-corrected chi connectivity index (χ2v) is 5.48. The van der Waals surface area contributed by atoms with Crippen LogP contribution >= 0.6 is 0 Å². The molecule has 0 fully saturated rings. The van der Waals surface area contributed by atoms with E-state index in [-0.39, 0.29) is 5.56 Å². The van der Waals surface area contributed by atoms with E-state index in [2.05, 4.69) is 4.74 Å². The van der Waals surface area contributed by atoms with Crippen LogP contribution in [0.1, 0.15) is 44.5 Å². The number of benzene rings is 1. The van der Waals surface area contributed by atoms with Gasteiger partial charge >= 0.3 is 13.5 Å². The Morgan fingerprint density at radius 3 is 2.35 bits per heavy atom. The predicted molar refractivity (Wildman–Crippen MR) is 81.0 cm³/mol. The van der Waals surface area contributed by atoms with Crippen LogP contribution in [-0.2, 0) is 9.31 Å². The molecule has 23 heavy (non-hydrogen) atoms. The number of carbonyl (C=O) groups excluding carboxylic acids is 1. The lowest BCUT2D eigenvalue weighted by Crippen LogP contribution is -2.44. The van der Waals surface area contributed by atoms with Gasteiger partial charge in [-0.25, -0.2) is 0 Å². The van der Waals surface area contributed by atoms with Crippen molar-refractivity contribution >= 4 is 18.9 Å². The van der Waals surface area contributed by atoms with Crippen LogP contribution in [0.15, 0.2) is 18.2 Å². The minimum atomic E-state index is -4.89. The molecule has 0 heterocycles. The maximum Gasteiger partial charge on any atom is 0.573 e. The number of aldehydes is 1. The third kappa shape index (κ3) is 6.23. The summed E-state index contributed by atoms with van der Waals surface area (Å²) in [6, 6.07) is 3.85. The van der Waals surface area contributed by atoms with Gasteiger partial charge in [-0.3, -0.25) is 4.79 Å².